The predicted octanol–water partition coefficient (Wildman–Crippen LogP) is 1.63. The first-order chi connectivity index (χ1) is 10.1. The second-order valence-corrected chi connectivity index (χ2v) is 4.63. The summed E-state index contributed by atoms with van der Waals surface area (Å²) in [6.07, 6.45) is 2.37. The van der Waals surface area contributed by atoms with Gasteiger partial charge in [-0.05, 0) is 18.2 Å². The number of aromatic carboxylic acids is 1. The first kappa shape index (κ1) is 13.2. The van der Waals surface area contributed by atoms with E-state index < -0.39 is 5.97 Å². The Morgan fingerprint density at radius 2 is 2.29 bits per heavy atom. The van der Waals surface area contributed by atoms with Gasteiger partial charge in [-0.25, -0.2) is 14.6 Å². The molecule has 2 N–H and O–H groups in total. The molecule has 0 aliphatic rings. The summed E-state index contributed by atoms with van der Waals surface area (Å²) in [6.45, 7) is 2.15. The Morgan fingerprint density at radius 1 is 1.48 bits per heavy atom. The molecular formula is C14H13N3O4. The SMILES string of the molecule is CCc1cnc(Cn2c(=O)[nH]c3cc(C(=O)O)ccc32)o1. The number of aryl methyl sites for hydroxylation is 1. The number of hydrogen-bond donors (Lipinski definition) is 2. The highest BCUT2D eigenvalue weighted by molar-refractivity contribution is 5.92. The van der Waals surface area contributed by atoms with E-state index in [1.54, 1.807) is 12.3 Å². The highest BCUT2D eigenvalue weighted by Gasteiger charge is 2.12. The van der Waals surface area contributed by atoms with E-state index >= 15 is 0 Å². The largest absolute Gasteiger partial charge is 0.478 e. The molecule has 2 aromatic heterocycles. The van der Waals surface area contributed by atoms with Crippen molar-refractivity contribution in [1.82, 2.24) is 14.5 Å². The summed E-state index contributed by atoms with van der Waals surface area (Å²) in [4.78, 5) is 29.7. The molecule has 1 aromatic carbocycles. The number of H-pyrrole nitrogens is 1. The number of imidazole rings is 1. The lowest BCUT2D eigenvalue weighted by Gasteiger charge is -2.00. The smallest absolute Gasteiger partial charge is 0.335 e. The Kier molecular flexibility index (Phi) is 3.09. The quantitative estimate of drug-likeness (QED) is 0.759. The molecule has 21 heavy (non-hydrogen) atoms. The van der Waals surface area contributed by atoms with Gasteiger partial charge in [-0.1, -0.05) is 6.92 Å². The zero-order valence-electron chi connectivity index (χ0n) is 11.3. The van der Waals surface area contributed by atoms with E-state index in [9.17, 15) is 9.59 Å². The van der Waals surface area contributed by atoms with Crippen LogP contribution in [-0.4, -0.2) is 25.6 Å². The molecule has 7 heteroatoms. The van der Waals surface area contributed by atoms with Crippen LogP contribution in [0.5, 0.6) is 0 Å². The molecule has 0 saturated heterocycles. The Morgan fingerprint density at radius 3 is 2.95 bits per heavy atom. The number of fused-ring (bicyclic) bond motifs is 1. The van der Waals surface area contributed by atoms with Crippen molar-refractivity contribution in [2.45, 2.75) is 19.9 Å². The van der Waals surface area contributed by atoms with Crippen molar-refractivity contribution in [2.75, 3.05) is 0 Å². The number of carbonyl (C=O) groups is 1. The number of nitrogens with one attached hydrogen (secondary N) is 1. The van der Waals surface area contributed by atoms with Crippen molar-refractivity contribution in [2.24, 2.45) is 0 Å². The fraction of sp³-hybridized carbons (Fsp3) is 0.214. The number of nitrogens with zero attached hydrogens (tertiary/aromatic N) is 2. The van der Waals surface area contributed by atoms with Gasteiger partial charge in [0, 0.05) is 6.42 Å². The lowest BCUT2D eigenvalue weighted by Crippen LogP contribution is -2.17. The highest BCUT2D eigenvalue weighted by Crippen LogP contribution is 2.14. The Hall–Kier alpha value is -2.83. The van der Waals surface area contributed by atoms with Crippen LogP contribution in [0.25, 0.3) is 11.0 Å². The van der Waals surface area contributed by atoms with Crippen LogP contribution in [-0.2, 0) is 13.0 Å². The molecule has 7 nitrogen and oxygen atoms in total. The number of aromatic nitrogens is 3. The maximum atomic E-state index is 12.0. The zero-order valence-corrected chi connectivity index (χ0v) is 11.3. The normalized spacial score (nSPS) is 11.1. The van der Waals surface area contributed by atoms with E-state index in [0.29, 0.717) is 16.9 Å². The molecule has 108 valence electrons. The average Bonchev–Trinajstić information content (AvgIpc) is 3.04. The van der Waals surface area contributed by atoms with Crippen LogP contribution in [0.4, 0.5) is 0 Å². The van der Waals surface area contributed by atoms with E-state index in [1.165, 1.54) is 16.7 Å². The minimum Gasteiger partial charge on any atom is -0.478 e. The fourth-order valence-electron chi connectivity index (χ4n) is 2.17. The maximum Gasteiger partial charge on any atom is 0.335 e. The van der Waals surface area contributed by atoms with Gasteiger partial charge < -0.3 is 14.5 Å². The first-order valence-corrected chi connectivity index (χ1v) is 6.48. The predicted molar refractivity (Wildman–Crippen MR) is 74.5 cm³/mol. The molecular weight excluding hydrogens is 274 g/mol. The molecule has 3 aromatic rings. The number of hydrogen-bond acceptors (Lipinski definition) is 4. The molecule has 0 radical (unpaired) electrons. The zero-order chi connectivity index (χ0) is 15.0. The van der Waals surface area contributed by atoms with Gasteiger partial charge in [-0.2, -0.15) is 0 Å². The van der Waals surface area contributed by atoms with Crippen LogP contribution in [0, 0.1) is 0 Å². The van der Waals surface area contributed by atoms with Gasteiger partial charge in [0.2, 0.25) is 5.89 Å². The van der Waals surface area contributed by atoms with Gasteiger partial charge in [0.1, 0.15) is 12.3 Å². The van der Waals surface area contributed by atoms with Gasteiger partial charge in [-0.15, -0.1) is 0 Å². The van der Waals surface area contributed by atoms with Crippen molar-refractivity contribution in [1.29, 1.82) is 0 Å². The van der Waals surface area contributed by atoms with Crippen molar-refractivity contribution in [3.63, 3.8) is 0 Å². The first-order valence-electron chi connectivity index (χ1n) is 6.48. The molecule has 0 saturated carbocycles. The third-order valence-corrected chi connectivity index (χ3v) is 3.26. The lowest BCUT2D eigenvalue weighted by atomic mass is 10.2. The van der Waals surface area contributed by atoms with E-state index in [0.717, 1.165) is 12.2 Å². The molecule has 0 aliphatic carbocycles. The molecule has 0 spiro atoms. The molecule has 2 heterocycles. The third kappa shape index (κ3) is 2.33. The molecule has 0 bridgehead atoms. The number of aromatic amines is 1. The standard InChI is InChI=1S/C14H13N3O4/c1-2-9-6-15-12(21-9)7-17-11-4-3-8(13(18)19)5-10(11)16-14(17)20/h3-6H,2,7H2,1H3,(H,16,20)(H,18,19). The third-order valence-electron chi connectivity index (χ3n) is 3.26. The number of carboxylic acids is 1. The van der Waals surface area contributed by atoms with E-state index in [-0.39, 0.29) is 17.8 Å². The molecule has 0 atom stereocenters. The van der Waals surface area contributed by atoms with E-state index in [2.05, 4.69) is 9.97 Å². The van der Waals surface area contributed by atoms with Crippen LogP contribution in [0.3, 0.4) is 0 Å². The monoisotopic (exact) mass is 287 g/mol. The summed E-state index contributed by atoms with van der Waals surface area (Å²) in [7, 11) is 0. The molecule has 0 unspecified atom stereocenters. The topological polar surface area (TPSA) is 101 Å². The highest BCUT2D eigenvalue weighted by atomic mass is 16.4. The summed E-state index contributed by atoms with van der Waals surface area (Å²) in [5, 5.41) is 8.96. The summed E-state index contributed by atoms with van der Waals surface area (Å²) in [6, 6.07) is 4.49. The Bertz CT molecular complexity index is 872. The van der Waals surface area contributed by atoms with Crippen LogP contribution in [0.1, 0.15) is 28.9 Å². The van der Waals surface area contributed by atoms with Crippen LogP contribution < -0.4 is 5.69 Å². The van der Waals surface area contributed by atoms with Gasteiger partial charge in [0.25, 0.3) is 0 Å². The number of oxazole rings is 1. The van der Waals surface area contributed by atoms with E-state index in [4.69, 9.17) is 9.52 Å². The second-order valence-electron chi connectivity index (χ2n) is 4.63. The van der Waals surface area contributed by atoms with Crippen molar-refractivity contribution < 1.29 is 14.3 Å². The molecule has 3 rings (SSSR count). The number of carboxylic acid groups (broad SMARTS) is 1. The van der Waals surface area contributed by atoms with Crippen molar-refractivity contribution in [3.05, 3.63) is 52.1 Å². The summed E-state index contributed by atoms with van der Waals surface area (Å²) >= 11 is 0. The minimum absolute atomic E-state index is 0.125. The summed E-state index contributed by atoms with van der Waals surface area (Å²) in [5.74, 6) is 0.161. The number of rotatable bonds is 4. The van der Waals surface area contributed by atoms with Gasteiger partial charge in [-0.3, -0.25) is 4.57 Å². The molecule has 0 aliphatic heterocycles. The fourth-order valence-corrected chi connectivity index (χ4v) is 2.17. The number of benzene rings is 1. The Balaban J connectivity index is 2.04. The van der Waals surface area contributed by atoms with Crippen LogP contribution in [0.2, 0.25) is 0 Å². The van der Waals surface area contributed by atoms with Crippen molar-refractivity contribution in [3.8, 4) is 0 Å². The average molecular weight is 287 g/mol. The maximum absolute atomic E-state index is 12.0. The van der Waals surface area contributed by atoms with Gasteiger partial charge in [0.15, 0.2) is 0 Å². The van der Waals surface area contributed by atoms with Gasteiger partial charge in [0.05, 0.1) is 22.8 Å². The van der Waals surface area contributed by atoms with Crippen molar-refractivity contribution >= 4 is 17.0 Å². The summed E-state index contributed by atoms with van der Waals surface area (Å²) in [5.41, 5.74) is 0.882. The van der Waals surface area contributed by atoms with Gasteiger partial charge >= 0.3 is 11.7 Å². The minimum atomic E-state index is -1.04. The van der Waals surface area contributed by atoms with Crippen LogP contribution in [0.15, 0.2) is 33.6 Å². The lowest BCUT2D eigenvalue weighted by molar-refractivity contribution is 0.0697. The Labute approximate surface area is 118 Å². The second kappa shape index (κ2) is 4.93. The van der Waals surface area contributed by atoms with E-state index in [1.807, 2.05) is 6.92 Å². The summed E-state index contributed by atoms with van der Waals surface area (Å²) < 4.78 is 6.96. The van der Waals surface area contributed by atoms with Crippen LogP contribution >= 0.6 is 0 Å². The molecule has 0 fully saturated rings. The molecule has 0 amide bonds.